The molecule has 1 aromatic rings. The van der Waals surface area contributed by atoms with Gasteiger partial charge in [0.2, 0.25) is 10.0 Å². The summed E-state index contributed by atoms with van der Waals surface area (Å²) in [7, 11) is -3.80. The zero-order valence-corrected chi connectivity index (χ0v) is 12.1. The number of halogens is 1. The van der Waals surface area contributed by atoms with Crippen molar-refractivity contribution in [2.75, 3.05) is 19.6 Å². The van der Waals surface area contributed by atoms with Gasteiger partial charge in [-0.2, -0.15) is 0 Å². The molecule has 1 atom stereocenters. The summed E-state index contributed by atoms with van der Waals surface area (Å²) >= 11 is 0. The number of carboxylic acid groups (broad SMARTS) is 1. The van der Waals surface area contributed by atoms with Crippen LogP contribution in [0.3, 0.4) is 0 Å². The van der Waals surface area contributed by atoms with Gasteiger partial charge in [0.05, 0.1) is 11.4 Å². The van der Waals surface area contributed by atoms with E-state index in [2.05, 4.69) is 4.72 Å². The van der Waals surface area contributed by atoms with Crippen molar-refractivity contribution < 1.29 is 22.7 Å². The molecule has 8 heteroatoms. The molecule has 1 saturated heterocycles. The van der Waals surface area contributed by atoms with E-state index in [1.165, 1.54) is 18.2 Å². The van der Waals surface area contributed by atoms with Gasteiger partial charge in [0.15, 0.2) is 0 Å². The lowest BCUT2D eigenvalue weighted by Crippen LogP contribution is -2.48. The Hall–Kier alpha value is -1.51. The third-order valence-corrected chi connectivity index (χ3v) is 4.81. The first-order valence-corrected chi connectivity index (χ1v) is 8.07. The highest BCUT2D eigenvalue weighted by Gasteiger charge is 2.26. The predicted octanol–water partition coefficient (Wildman–Crippen LogP) is 0.653. The van der Waals surface area contributed by atoms with Gasteiger partial charge in [0.25, 0.3) is 0 Å². The number of hydrogen-bond donors (Lipinski definition) is 2. The maximum Gasteiger partial charge on any atom is 0.317 e. The highest BCUT2D eigenvalue weighted by molar-refractivity contribution is 7.89. The van der Waals surface area contributed by atoms with E-state index in [1.807, 2.05) is 0 Å². The molecule has 0 unspecified atom stereocenters. The van der Waals surface area contributed by atoms with Gasteiger partial charge in [-0.15, -0.1) is 0 Å². The number of aliphatic carboxylic acids is 1. The van der Waals surface area contributed by atoms with Gasteiger partial charge in [-0.3, -0.25) is 9.69 Å². The van der Waals surface area contributed by atoms with E-state index in [4.69, 9.17) is 5.11 Å². The molecule has 0 aromatic heterocycles. The molecular weight excluding hydrogens is 299 g/mol. The van der Waals surface area contributed by atoms with Crippen molar-refractivity contribution in [2.45, 2.75) is 23.8 Å². The second-order valence-electron chi connectivity index (χ2n) is 5.05. The van der Waals surface area contributed by atoms with Crippen molar-refractivity contribution in [2.24, 2.45) is 0 Å². The summed E-state index contributed by atoms with van der Waals surface area (Å²) in [5.74, 6) is -1.56. The molecule has 2 rings (SSSR count). The molecule has 0 amide bonds. The Bertz CT molecular complexity index is 620. The number of likely N-dealkylation sites (tertiary alicyclic amines) is 1. The van der Waals surface area contributed by atoms with E-state index in [9.17, 15) is 17.6 Å². The molecule has 1 aliphatic rings. The fourth-order valence-electron chi connectivity index (χ4n) is 2.41. The lowest BCUT2D eigenvalue weighted by Gasteiger charge is -2.31. The van der Waals surface area contributed by atoms with Crippen molar-refractivity contribution in [3.63, 3.8) is 0 Å². The number of nitrogens with zero attached hydrogens (tertiary/aromatic N) is 1. The Kier molecular flexibility index (Phi) is 4.92. The minimum Gasteiger partial charge on any atom is -0.480 e. The standard InChI is InChI=1S/C13H17FN2O4S/c14-10-3-1-5-12(7-10)21(19,20)15-11-4-2-6-16(8-11)9-13(17)18/h1,3,5,7,11,15H,2,4,6,8-9H2,(H,17,18)/t11-/m1/s1. The van der Waals surface area contributed by atoms with Gasteiger partial charge in [0.1, 0.15) is 5.82 Å². The lowest BCUT2D eigenvalue weighted by atomic mass is 10.1. The van der Waals surface area contributed by atoms with Crippen LogP contribution in [0, 0.1) is 5.82 Å². The average molecular weight is 316 g/mol. The molecule has 116 valence electrons. The van der Waals surface area contributed by atoms with Gasteiger partial charge in [-0.1, -0.05) is 6.07 Å². The second-order valence-corrected chi connectivity index (χ2v) is 6.76. The highest BCUT2D eigenvalue weighted by atomic mass is 32.2. The van der Waals surface area contributed by atoms with Crippen molar-refractivity contribution in [3.8, 4) is 0 Å². The summed E-state index contributed by atoms with van der Waals surface area (Å²) in [4.78, 5) is 12.3. The Morgan fingerprint density at radius 2 is 2.24 bits per heavy atom. The molecule has 0 radical (unpaired) electrons. The smallest absolute Gasteiger partial charge is 0.317 e. The largest absolute Gasteiger partial charge is 0.480 e. The molecule has 0 bridgehead atoms. The molecule has 2 N–H and O–H groups in total. The monoisotopic (exact) mass is 316 g/mol. The van der Waals surface area contributed by atoms with E-state index in [-0.39, 0.29) is 17.5 Å². The van der Waals surface area contributed by atoms with Crippen LogP contribution in [0.1, 0.15) is 12.8 Å². The molecular formula is C13H17FN2O4S. The van der Waals surface area contributed by atoms with Crippen molar-refractivity contribution in [3.05, 3.63) is 30.1 Å². The van der Waals surface area contributed by atoms with Crippen LogP contribution < -0.4 is 4.72 Å². The number of sulfonamides is 1. The Morgan fingerprint density at radius 1 is 1.48 bits per heavy atom. The van der Waals surface area contributed by atoms with E-state index >= 15 is 0 Å². The fourth-order valence-corrected chi connectivity index (χ4v) is 3.70. The van der Waals surface area contributed by atoms with Gasteiger partial charge in [-0.25, -0.2) is 17.5 Å². The zero-order valence-electron chi connectivity index (χ0n) is 11.3. The quantitative estimate of drug-likeness (QED) is 0.833. The highest BCUT2D eigenvalue weighted by Crippen LogP contribution is 2.15. The maximum absolute atomic E-state index is 13.1. The van der Waals surface area contributed by atoms with E-state index in [0.717, 1.165) is 6.07 Å². The molecule has 1 fully saturated rings. The predicted molar refractivity (Wildman–Crippen MR) is 73.8 cm³/mol. The summed E-state index contributed by atoms with van der Waals surface area (Å²) < 4.78 is 40.0. The third-order valence-electron chi connectivity index (χ3n) is 3.29. The summed E-state index contributed by atoms with van der Waals surface area (Å²) in [6.45, 7) is 0.851. The SMILES string of the molecule is O=C(O)CN1CCC[C@@H](NS(=O)(=O)c2cccc(F)c2)C1. The van der Waals surface area contributed by atoms with Crippen LogP contribution in [0.5, 0.6) is 0 Å². The van der Waals surface area contributed by atoms with Crippen LogP contribution >= 0.6 is 0 Å². The normalized spacial score (nSPS) is 20.3. The van der Waals surface area contributed by atoms with Crippen LogP contribution in [0.4, 0.5) is 4.39 Å². The number of piperidine rings is 1. The molecule has 1 aromatic carbocycles. The first-order valence-electron chi connectivity index (χ1n) is 6.59. The molecule has 1 aliphatic heterocycles. The molecule has 0 saturated carbocycles. The van der Waals surface area contributed by atoms with Gasteiger partial charge >= 0.3 is 5.97 Å². The van der Waals surface area contributed by atoms with Crippen molar-refractivity contribution in [1.82, 2.24) is 9.62 Å². The van der Waals surface area contributed by atoms with Crippen LogP contribution in [0.2, 0.25) is 0 Å². The summed E-state index contributed by atoms with van der Waals surface area (Å²) in [6.07, 6.45) is 1.34. The fraction of sp³-hybridized carbons (Fsp3) is 0.462. The summed E-state index contributed by atoms with van der Waals surface area (Å²) in [6, 6.07) is 4.42. The number of rotatable bonds is 5. The summed E-state index contributed by atoms with van der Waals surface area (Å²) in [5.41, 5.74) is 0. The van der Waals surface area contributed by atoms with Gasteiger partial charge in [0, 0.05) is 12.6 Å². The Labute approximate surface area is 122 Å². The average Bonchev–Trinajstić information content (AvgIpc) is 2.37. The molecule has 0 aliphatic carbocycles. The van der Waals surface area contributed by atoms with E-state index in [1.54, 1.807) is 4.90 Å². The number of nitrogens with one attached hydrogen (secondary N) is 1. The third kappa shape index (κ3) is 4.48. The summed E-state index contributed by atoms with van der Waals surface area (Å²) in [5, 5.41) is 8.77. The second kappa shape index (κ2) is 6.50. The maximum atomic E-state index is 13.1. The number of hydrogen-bond acceptors (Lipinski definition) is 4. The number of carboxylic acids is 1. The van der Waals surface area contributed by atoms with E-state index < -0.39 is 21.8 Å². The number of carbonyl (C=O) groups is 1. The molecule has 21 heavy (non-hydrogen) atoms. The van der Waals surface area contributed by atoms with Crippen LogP contribution in [0.25, 0.3) is 0 Å². The first-order chi connectivity index (χ1) is 9.87. The molecule has 1 heterocycles. The van der Waals surface area contributed by atoms with Crippen molar-refractivity contribution in [1.29, 1.82) is 0 Å². The molecule has 0 spiro atoms. The number of benzene rings is 1. The van der Waals surface area contributed by atoms with Crippen LogP contribution in [-0.2, 0) is 14.8 Å². The van der Waals surface area contributed by atoms with Gasteiger partial charge < -0.3 is 5.11 Å². The first kappa shape index (κ1) is 15.9. The van der Waals surface area contributed by atoms with Crippen LogP contribution in [0.15, 0.2) is 29.2 Å². The van der Waals surface area contributed by atoms with E-state index in [0.29, 0.717) is 25.9 Å². The van der Waals surface area contributed by atoms with Crippen LogP contribution in [-0.4, -0.2) is 50.1 Å². The van der Waals surface area contributed by atoms with Crippen molar-refractivity contribution >= 4 is 16.0 Å². The topological polar surface area (TPSA) is 86.7 Å². The molecule has 6 nitrogen and oxygen atoms in total. The minimum atomic E-state index is -3.80. The lowest BCUT2D eigenvalue weighted by molar-refractivity contribution is -0.138. The van der Waals surface area contributed by atoms with Gasteiger partial charge in [-0.05, 0) is 37.6 Å². The minimum absolute atomic E-state index is 0.113. The zero-order chi connectivity index (χ0) is 15.5. The Morgan fingerprint density at radius 3 is 2.90 bits per heavy atom. The Balaban J connectivity index is 2.04.